The Bertz CT molecular complexity index is 348. The van der Waals surface area contributed by atoms with Crippen LogP contribution in [0, 0.1) is 13.8 Å². The molecule has 90 valence electrons. The number of anilines is 1. The number of ether oxygens (including phenoxy) is 1. The summed E-state index contributed by atoms with van der Waals surface area (Å²) >= 11 is 0. The van der Waals surface area contributed by atoms with E-state index in [0.29, 0.717) is 0 Å². The predicted molar refractivity (Wildman–Crippen MR) is 64.1 cm³/mol. The molecule has 0 aliphatic heterocycles. The second-order valence-electron chi connectivity index (χ2n) is 3.77. The summed E-state index contributed by atoms with van der Waals surface area (Å²) in [5.74, 6) is 0.840. The smallest absolute Gasteiger partial charge is 0.122 e. The fourth-order valence-electron chi connectivity index (χ4n) is 1.54. The van der Waals surface area contributed by atoms with Gasteiger partial charge in [0.25, 0.3) is 0 Å². The van der Waals surface area contributed by atoms with Gasteiger partial charge in [-0.2, -0.15) is 0 Å². The summed E-state index contributed by atoms with van der Waals surface area (Å²) in [7, 11) is 1.64. The summed E-state index contributed by atoms with van der Waals surface area (Å²) in [6, 6.07) is 3.43. The van der Waals surface area contributed by atoms with Gasteiger partial charge in [-0.25, -0.2) is 0 Å². The lowest BCUT2D eigenvalue weighted by Gasteiger charge is -2.19. The first-order chi connectivity index (χ1) is 7.63. The summed E-state index contributed by atoms with van der Waals surface area (Å²) in [6.45, 7) is 3.76. The van der Waals surface area contributed by atoms with Crippen molar-refractivity contribution >= 4 is 5.69 Å². The van der Waals surface area contributed by atoms with Crippen LogP contribution in [0.15, 0.2) is 12.1 Å². The minimum atomic E-state index is -0.327. The first kappa shape index (κ1) is 12.8. The number of rotatable bonds is 5. The highest BCUT2D eigenvalue weighted by atomic mass is 16.5. The Kier molecular flexibility index (Phi) is 4.58. The topological polar surface area (TPSA) is 61.7 Å². The fraction of sp³-hybridized carbons (Fsp3) is 0.500. The van der Waals surface area contributed by atoms with Gasteiger partial charge in [-0.15, -0.1) is 0 Å². The number of methoxy groups -OCH3 is 1. The molecule has 0 fully saturated rings. The Morgan fingerprint density at radius 1 is 1.19 bits per heavy atom. The van der Waals surface area contributed by atoms with Crippen LogP contribution in [0.4, 0.5) is 5.69 Å². The number of hydrogen-bond donors (Lipinski definition) is 3. The highest BCUT2D eigenvalue weighted by Crippen LogP contribution is 2.27. The van der Waals surface area contributed by atoms with Crippen LogP contribution in [0.1, 0.15) is 11.1 Å². The molecule has 1 rings (SSSR count). The lowest BCUT2D eigenvalue weighted by Crippen LogP contribution is -2.28. The Labute approximate surface area is 95.9 Å². The van der Waals surface area contributed by atoms with E-state index in [0.717, 1.165) is 22.6 Å². The van der Waals surface area contributed by atoms with Crippen LogP contribution in [-0.2, 0) is 0 Å². The quantitative estimate of drug-likeness (QED) is 0.701. The van der Waals surface area contributed by atoms with Crippen molar-refractivity contribution in [3.8, 4) is 5.75 Å². The standard InChI is InChI=1S/C12H19NO3/c1-8-9(2)12(16-3)5-4-11(8)13-10(6-14)7-15/h4-5,10,13-15H,6-7H2,1-3H3. The van der Waals surface area contributed by atoms with E-state index >= 15 is 0 Å². The van der Waals surface area contributed by atoms with E-state index in [9.17, 15) is 0 Å². The molecule has 0 heterocycles. The predicted octanol–water partition coefficient (Wildman–Crippen LogP) is 1.08. The molecule has 0 atom stereocenters. The summed E-state index contributed by atoms with van der Waals surface area (Å²) in [5.41, 5.74) is 3.03. The molecular weight excluding hydrogens is 206 g/mol. The van der Waals surface area contributed by atoms with E-state index in [2.05, 4.69) is 5.32 Å². The van der Waals surface area contributed by atoms with Crippen molar-refractivity contribution in [1.29, 1.82) is 0 Å². The highest BCUT2D eigenvalue weighted by molar-refractivity contribution is 5.58. The first-order valence-electron chi connectivity index (χ1n) is 5.26. The molecule has 4 nitrogen and oxygen atoms in total. The van der Waals surface area contributed by atoms with Gasteiger partial charge in [0.05, 0.1) is 26.4 Å². The molecule has 16 heavy (non-hydrogen) atoms. The van der Waals surface area contributed by atoms with E-state index in [4.69, 9.17) is 14.9 Å². The number of hydrogen-bond acceptors (Lipinski definition) is 4. The van der Waals surface area contributed by atoms with Gasteiger partial charge in [0, 0.05) is 5.69 Å². The van der Waals surface area contributed by atoms with Crippen molar-refractivity contribution in [3.05, 3.63) is 23.3 Å². The van der Waals surface area contributed by atoms with E-state index in [1.54, 1.807) is 7.11 Å². The Morgan fingerprint density at radius 3 is 2.31 bits per heavy atom. The molecule has 4 heteroatoms. The van der Waals surface area contributed by atoms with Crippen LogP contribution < -0.4 is 10.1 Å². The molecule has 0 unspecified atom stereocenters. The minimum Gasteiger partial charge on any atom is -0.496 e. The third-order valence-electron chi connectivity index (χ3n) is 2.76. The summed E-state index contributed by atoms with van der Waals surface area (Å²) < 4.78 is 5.21. The molecule has 0 aromatic heterocycles. The molecule has 3 N–H and O–H groups in total. The first-order valence-corrected chi connectivity index (χ1v) is 5.26. The van der Waals surface area contributed by atoms with Crippen LogP contribution in [0.3, 0.4) is 0 Å². The van der Waals surface area contributed by atoms with Crippen molar-refractivity contribution in [3.63, 3.8) is 0 Å². The van der Waals surface area contributed by atoms with Gasteiger partial charge in [-0.1, -0.05) is 0 Å². The molecule has 0 bridgehead atoms. The zero-order valence-corrected chi connectivity index (χ0v) is 9.95. The summed E-state index contributed by atoms with van der Waals surface area (Å²) in [5, 5.41) is 21.1. The molecule has 0 saturated carbocycles. The van der Waals surface area contributed by atoms with E-state index in [1.807, 2.05) is 26.0 Å². The SMILES string of the molecule is COc1ccc(NC(CO)CO)c(C)c1C. The molecule has 1 aromatic rings. The molecular formula is C12H19NO3. The number of benzene rings is 1. The average molecular weight is 225 g/mol. The Balaban J connectivity index is 2.94. The maximum atomic E-state index is 9.00. The van der Waals surface area contributed by atoms with Crippen LogP contribution in [0.5, 0.6) is 5.75 Å². The maximum Gasteiger partial charge on any atom is 0.122 e. The van der Waals surface area contributed by atoms with Crippen molar-refractivity contribution in [2.75, 3.05) is 25.6 Å². The number of aliphatic hydroxyl groups excluding tert-OH is 2. The van der Waals surface area contributed by atoms with Crippen LogP contribution in [0.2, 0.25) is 0 Å². The average Bonchev–Trinajstić information content (AvgIpc) is 2.31. The second-order valence-corrected chi connectivity index (χ2v) is 3.77. The molecule has 1 aromatic carbocycles. The summed E-state index contributed by atoms with van der Waals surface area (Å²) in [6.07, 6.45) is 0. The molecule has 0 aliphatic carbocycles. The van der Waals surface area contributed by atoms with Gasteiger partial charge in [-0.3, -0.25) is 0 Å². The number of nitrogens with one attached hydrogen (secondary N) is 1. The van der Waals surface area contributed by atoms with Crippen molar-refractivity contribution in [2.45, 2.75) is 19.9 Å². The lowest BCUT2D eigenvalue weighted by atomic mass is 10.1. The maximum absolute atomic E-state index is 9.00. The largest absolute Gasteiger partial charge is 0.496 e. The van der Waals surface area contributed by atoms with Crippen molar-refractivity contribution in [1.82, 2.24) is 0 Å². The normalized spacial score (nSPS) is 10.6. The zero-order valence-electron chi connectivity index (χ0n) is 9.95. The van der Waals surface area contributed by atoms with Gasteiger partial charge in [0.2, 0.25) is 0 Å². The van der Waals surface area contributed by atoms with Crippen LogP contribution in [0.25, 0.3) is 0 Å². The van der Waals surface area contributed by atoms with Gasteiger partial charge < -0.3 is 20.3 Å². The minimum absolute atomic E-state index is 0.0962. The molecule has 0 spiro atoms. The molecule has 0 amide bonds. The molecule has 0 radical (unpaired) electrons. The second kappa shape index (κ2) is 5.72. The van der Waals surface area contributed by atoms with Crippen molar-refractivity contribution in [2.24, 2.45) is 0 Å². The molecule has 0 saturated heterocycles. The number of aliphatic hydroxyl groups is 2. The van der Waals surface area contributed by atoms with Crippen LogP contribution in [-0.4, -0.2) is 36.6 Å². The van der Waals surface area contributed by atoms with E-state index < -0.39 is 0 Å². The highest BCUT2D eigenvalue weighted by Gasteiger charge is 2.10. The fourth-order valence-corrected chi connectivity index (χ4v) is 1.54. The lowest BCUT2D eigenvalue weighted by molar-refractivity contribution is 0.204. The summed E-state index contributed by atoms with van der Waals surface area (Å²) in [4.78, 5) is 0. The van der Waals surface area contributed by atoms with Gasteiger partial charge in [0.15, 0.2) is 0 Å². The van der Waals surface area contributed by atoms with Gasteiger partial charge >= 0.3 is 0 Å². The Hall–Kier alpha value is -1.26. The Morgan fingerprint density at radius 2 is 1.81 bits per heavy atom. The van der Waals surface area contributed by atoms with E-state index in [1.165, 1.54) is 0 Å². The van der Waals surface area contributed by atoms with E-state index in [-0.39, 0.29) is 19.3 Å². The third kappa shape index (κ3) is 2.65. The van der Waals surface area contributed by atoms with Gasteiger partial charge in [-0.05, 0) is 37.1 Å². The zero-order chi connectivity index (χ0) is 12.1. The van der Waals surface area contributed by atoms with Crippen LogP contribution >= 0.6 is 0 Å². The monoisotopic (exact) mass is 225 g/mol. The molecule has 0 aliphatic rings. The third-order valence-corrected chi connectivity index (χ3v) is 2.76. The van der Waals surface area contributed by atoms with Gasteiger partial charge in [0.1, 0.15) is 5.75 Å². The van der Waals surface area contributed by atoms with Crippen molar-refractivity contribution < 1.29 is 14.9 Å².